The molecule has 2 aliphatic rings. The Hall–Kier alpha value is -1.37. The van der Waals surface area contributed by atoms with Crippen LogP contribution in [0.1, 0.15) is 37.1 Å². The van der Waals surface area contributed by atoms with Crippen molar-refractivity contribution in [2.45, 2.75) is 44.7 Å². The second-order valence-electron chi connectivity index (χ2n) is 5.97. The smallest absolute Gasteiger partial charge is 0.249 e. The molecule has 1 aromatic heterocycles. The molecule has 7 heteroatoms. The number of carbonyl (C=O) groups excluding carboxylic acids is 2. The Morgan fingerprint density at radius 1 is 1.33 bits per heavy atom. The molecule has 0 atom stereocenters. The van der Waals surface area contributed by atoms with Gasteiger partial charge in [0, 0.05) is 7.05 Å². The number of amides is 2. The quantitative estimate of drug-likeness (QED) is 0.869. The van der Waals surface area contributed by atoms with Crippen LogP contribution < -0.4 is 5.32 Å². The maximum absolute atomic E-state index is 12.8. The molecule has 21 heavy (non-hydrogen) atoms. The summed E-state index contributed by atoms with van der Waals surface area (Å²) in [4.78, 5) is 26.5. The van der Waals surface area contributed by atoms with E-state index >= 15 is 0 Å². The monoisotopic (exact) mass is 354 g/mol. The van der Waals surface area contributed by atoms with Gasteiger partial charge in [0.25, 0.3) is 0 Å². The summed E-state index contributed by atoms with van der Waals surface area (Å²) in [6.07, 6.45) is 3.49. The van der Waals surface area contributed by atoms with Gasteiger partial charge in [0.05, 0.1) is 22.4 Å². The molecule has 0 radical (unpaired) electrons. The van der Waals surface area contributed by atoms with Gasteiger partial charge in [-0.1, -0.05) is 12.8 Å². The fourth-order valence-electron chi connectivity index (χ4n) is 3.39. The second kappa shape index (κ2) is 5.12. The van der Waals surface area contributed by atoms with Crippen LogP contribution >= 0.6 is 15.9 Å². The third-order valence-corrected chi connectivity index (χ3v) is 5.50. The summed E-state index contributed by atoms with van der Waals surface area (Å²) in [5.74, 6) is -0.0168. The standard InChI is InChI=1S/C14H19BrN4O2/c1-9-12(15)10(18(2)17-9)7-19-8-11(20)16-14(13(19)21)5-3-4-6-14/h3-8H2,1-2H3,(H,16,20). The van der Waals surface area contributed by atoms with E-state index in [0.29, 0.717) is 6.54 Å². The summed E-state index contributed by atoms with van der Waals surface area (Å²) in [6, 6.07) is 0. The lowest BCUT2D eigenvalue weighted by Crippen LogP contribution is -2.65. The third kappa shape index (κ3) is 2.37. The van der Waals surface area contributed by atoms with Gasteiger partial charge in [-0.15, -0.1) is 0 Å². The van der Waals surface area contributed by atoms with Crippen LogP contribution in [0.3, 0.4) is 0 Å². The van der Waals surface area contributed by atoms with E-state index in [4.69, 9.17) is 0 Å². The molecule has 2 fully saturated rings. The Morgan fingerprint density at radius 3 is 2.57 bits per heavy atom. The number of hydrogen-bond acceptors (Lipinski definition) is 3. The summed E-state index contributed by atoms with van der Waals surface area (Å²) in [7, 11) is 1.85. The highest BCUT2D eigenvalue weighted by atomic mass is 79.9. The van der Waals surface area contributed by atoms with E-state index in [1.165, 1.54) is 0 Å². The molecular weight excluding hydrogens is 336 g/mol. The molecule has 6 nitrogen and oxygen atoms in total. The first kappa shape index (κ1) is 14.6. The lowest BCUT2D eigenvalue weighted by molar-refractivity contribution is -0.150. The molecule has 3 rings (SSSR count). The number of hydrogen-bond donors (Lipinski definition) is 1. The molecule has 0 unspecified atom stereocenters. The maximum Gasteiger partial charge on any atom is 0.249 e. The van der Waals surface area contributed by atoms with Crippen molar-refractivity contribution >= 4 is 27.7 Å². The Bertz CT molecular complexity index is 604. The number of rotatable bonds is 2. The zero-order valence-electron chi connectivity index (χ0n) is 12.3. The molecule has 1 saturated carbocycles. The van der Waals surface area contributed by atoms with Crippen molar-refractivity contribution in [1.82, 2.24) is 20.0 Å². The highest BCUT2D eigenvalue weighted by molar-refractivity contribution is 9.10. The van der Waals surface area contributed by atoms with Crippen LogP contribution in [0.2, 0.25) is 0 Å². The molecule has 1 aliphatic heterocycles. The first-order valence-corrected chi connectivity index (χ1v) is 8.00. The molecular formula is C14H19BrN4O2. The van der Waals surface area contributed by atoms with Gasteiger partial charge in [-0.05, 0) is 35.7 Å². The summed E-state index contributed by atoms with van der Waals surface area (Å²) < 4.78 is 2.67. The van der Waals surface area contributed by atoms with E-state index in [-0.39, 0.29) is 18.4 Å². The van der Waals surface area contributed by atoms with Crippen molar-refractivity contribution in [1.29, 1.82) is 0 Å². The third-order valence-electron chi connectivity index (χ3n) is 4.47. The number of aromatic nitrogens is 2. The predicted molar refractivity (Wildman–Crippen MR) is 80.4 cm³/mol. The number of carbonyl (C=O) groups is 2. The molecule has 0 aromatic carbocycles. The molecule has 1 saturated heterocycles. The largest absolute Gasteiger partial charge is 0.340 e. The number of halogens is 1. The zero-order valence-corrected chi connectivity index (χ0v) is 13.9. The van der Waals surface area contributed by atoms with Crippen molar-refractivity contribution in [2.24, 2.45) is 7.05 Å². The number of nitrogens with zero attached hydrogens (tertiary/aromatic N) is 3. The second-order valence-corrected chi connectivity index (χ2v) is 6.76. The van der Waals surface area contributed by atoms with Crippen molar-refractivity contribution in [3.63, 3.8) is 0 Å². The van der Waals surface area contributed by atoms with Gasteiger partial charge in [0.1, 0.15) is 12.1 Å². The molecule has 0 bridgehead atoms. The van der Waals surface area contributed by atoms with Crippen LogP contribution in [0.5, 0.6) is 0 Å². The Morgan fingerprint density at radius 2 is 2.00 bits per heavy atom. The minimum absolute atomic E-state index is 0.0466. The molecule has 1 aliphatic carbocycles. The molecule has 1 spiro atoms. The molecule has 1 aromatic rings. The lowest BCUT2D eigenvalue weighted by atomic mass is 9.93. The Kier molecular flexibility index (Phi) is 3.55. The average molecular weight is 355 g/mol. The van der Waals surface area contributed by atoms with Gasteiger partial charge < -0.3 is 10.2 Å². The van der Waals surface area contributed by atoms with E-state index in [1.807, 2.05) is 14.0 Å². The van der Waals surface area contributed by atoms with E-state index in [0.717, 1.165) is 41.5 Å². The maximum atomic E-state index is 12.8. The van der Waals surface area contributed by atoms with Crippen LogP contribution in [-0.2, 0) is 23.2 Å². The summed E-state index contributed by atoms with van der Waals surface area (Å²) in [5.41, 5.74) is 1.15. The van der Waals surface area contributed by atoms with E-state index in [2.05, 4.69) is 26.3 Å². The van der Waals surface area contributed by atoms with E-state index < -0.39 is 5.54 Å². The van der Waals surface area contributed by atoms with Crippen LogP contribution in [0, 0.1) is 6.92 Å². The van der Waals surface area contributed by atoms with Crippen molar-refractivity contribution in [3.05, 3.63) is 15.9 Å². The van der Waals surface area contributed by atoms with Crippen LogP contribution in [-0.4, -0.2) is 38.6 Å². The number of aryl methyl sites for hydroxylation is 2. The molecule has 1 N–H and O–H groups in total. The highest BCUT2D eigenvalue weighted by Crippen LogP contribution is 2.34. The normalized spacial score (nSPS) is 21.2. The van der Waals surface area contributed by atoms with Gasteiger partial charge in [-0.3, -0.25) is 14.3 Å². The summed E-state index contributed by atoms with van der Waals surface area (Å²) in [5, 5.41) is 7.27. The molecule has 2 amide bonds. The van der Waals surface area contributed by atoms with E-state index in [1.54, 1.807) is 9.58 Å². The first-order chi connectivity index (χ1) is 9.93. The van der Waals surface area contributed by atoms with Gasteiger partial charge in [-0.2, -0.15) is 5.10 Å². The SMILES string of the molecule is Cc1nn(C)c(CN2CC(=O)NC3(CCCC3)C2=O)c1Br. The highest BCUT2D eigenvalue weighted by Gasteiger charge is 2.48. The Labute approximate surface area is 132 Å². The van der Waals surface area contributed by atoms with Crippen LogP contribution in [0.4, 0.5) is 0 Å². The van der Waals surface area contributed by atoms with Gasteiger partial charge in [0.2, 0.25) is 11.8 Å². The first-order valence-electron chi connectivity index (χ1n) is 7.21. The Balaban J connectivity index is 1.87. The van der Waals surface area contributed by atoms with Crippen LogP contribution in [0.15, 0.2) is 4.47 Å². The zero-order chi connectivity index (χ0) is 15.2. The minimum Gasteiger partial charge on any atom is -0.340 e. The summed E-state index contributed by atoms with van der Waals surface area (Å²) >= 11 is 3.52. The van der Waals surface area contributed by atoms with Crippen LogP contribution in [0.25, 0.3) is 0 Å². The van der Waals surface area contributed by atoms with Crippen molar-refractivity contribution in [3.8, 4) is 0 Å². The van der Waals surface area contributed by atoms with Crippen molar-refractivity contribution in [2.75, 3.05) is 6.54 Å². The predicted octanol–water partition coefficient (Wildman–Crippen LogP) is 1.26. The van der Waals surface area contributed by atoms with Gasteiger partial charge in [0.15, 0.2) is 0 Å². The average Bonchev–Trinajstić information content (AvgIpc) is 2.97. The number of piperazine rings is 1. The summed E-state index contributed by atoms with van der Waals surface area (Å²) in [6.45, 7) is 2.44. The molecule has 2 heterocycles. The van der Waals surface area contributed by atoms with E-state index in [9.17, 15) is 9.59 Å². The minimum atomic E-state index is -0.657. The number of nitrogens with one attached hydrogen (secondary N) is 1. The van der Waals surface area contributed by atoms with Gasteiger partial charge >= 0.3 is 0 Å². The van der Waals surface area contributed by atoms with Crippen molar-refractivity contribution < 1.29 is 9.59 Å². The fourth-order valence-corrected chi connectivity index (χ4v) is 3.85. The van der Waals surface area contributed by atoms with Gasteiger partial charge in [-0.25, -0.2) is 0 Å². The lowest BCUT2D eigenvalue weighted by Gasteiger charge is -2.39. The topological polar surface area (TPSA) is 67.2 Å². The molecule has 114 valence electrons. The fraction of sp³-hybridized carbons (Fsp3) is 0.643.